The third kappa shape index (κ3) is 4.92. The van der Waals surface area contributed by atoms with E-state index in [0.29, 0.717) is 6.04 Å². The van der Waals surface area contributed by atoms with Gasteiger partial charge in [-0.05, 0) is 55.8 Å². The summed E-state index contributed by atoms with van der Waals surface area (Å²) >= 11 is 0. The van der Waals surface area contributed by atoms with E-state index < -0.39 is 0 Å². The molecule has 1 fully saturated rings. The van der Waals surface area contributed by atoms with Gasteiger partial charge in [-0.2, -0.15) is 0 Å². The maximum absolute atomic E-state index is 5.36. The first-order chi connectivity index (χ1) is 10.2. The Labute approximate surface area is 129 Å². The van der Waals surface area contributed by atoms with Crippen molar-refractivity contribution in [3.63, 3.8) is 0 Å². The van der Waals surface area contributed by atoms with E-state index in [4.69, 9.17) is 9.47 Å². The molecule has 1 aromatic carbocycles. The maximum atomic E-state index is 5.36. The number of rotatable bonds is 6. The lowest BCUT2D eigenvalue weighted by Gasteiger charge is -2.16. The summed E-state index contributed by atoms with van der Waals surface area (Å²) in [4.78, 5) is 0. The minimum absolute atomic E-state index is 0.704. The summed E-state index contributed by atoms with van der Waals surface area (Å²) < 4.78 is 10.6. The molecule has 0 spiro atoms. The van der Waals surface area contributed by atoms with E-state index in [1.165, 1.54) is 37.7 Å². The van der Waals surface area contributed by atoms with Gasteiger partial charge in [0.25, 0.3) is 0 Å². The van der Waals surface area contributed by atoms with Crippen molar-refractivity contribution in [2.24, 2.45) is 5.92 Å². The van der Waals surface area contributed by atoms with Crippen LogP contribution in [0, 0.1) is 5.92 Å². The van der Waals surface area contributed by atoms with Crippen LogP contribution in [-0.4, -0.2) is 26.8 Å². The standard InChI is InChI=1S/C18H29NO2/c1-14-5-4-6-16(9-7-14)19-12-11-15-8-10-17(20-2)18(13-15)21-3/h8,10,13-14,16,19H,4-7,9,11-12H2,1-3H3. The van der Waals surface area contributed by atoms with Crippen LogP contribution in [0.3, 0.4) is 0 Å². The van der Waals surface area contributed by atoms with E-state index in [9.17, 15) is 0 Å². The second-order valence-corrected chi connectivity index (χ2v) is 6.20. The highest BCUT2D eigenvalue weighted by Gasteiger charge is 2.15. The Morgan fingerprint density at radius 3 is 2.62 bits per heavy atom. The molecule has 0 amide bonds. The molecule has 0 bridgehead atoms. The Morgan fingerprint density at radius 2 is 1.86 bits per heavy atom. The number of hydrogen-bond donors (Lipinski definition) is 1. The molecule has 1 saturated carbocycles. The van der Waals surface area contributed by atoms with Crippen LogP contribution in [-0.2, 0) is 6.42 Å². The highest BCUT2D eigenvalue weighted by atomic mass is 16.5. The molecule has 0 saturated heterocycles. The zero-order valence-electron chi connectivity index (χ0n) is 13.7. The van der Waals surface area contributed by atoms with Gasteiger partial charge in [0.1, 0.15) is 0 Å². The summed E-state index contributed by atoms with van der Waals surface area (Å²) in [5.41, 5.74) is 1.29. The van der Waals surface area contributed by atoms with Crippen molar-refractivity contribution in [2.75, 3.05) is 20.8 Å². The smallest absolute Gasteiger partial charge is 0.160 e. The first-order valence-corrected chi connectivity index (χ1v) is 8.17. The normalized spacial score (nSPS) is 22.6. The molecule has 2 atom stereocenters. The average Bonchev–Trinajstić information content (AvgIpc) is 2.72. The van der Waals surface area contributed by atoms with Crippen molar-refractivity contribution in [3.05, 3.63) is 23.8 Å². The minimum Gasteiger partial charge on any atom is -0.493 e. The predicted octanol–water partition coefficient (Wildman–Crippen LogP) is 3.80. The lowest BCUT2D eigenvalue weighted by Crippen LogP contribution is -2.30. The Kier molecular flexibility index (Phi) is 6.37. The average molecular weight is 291 g/mol. The van der Waals surface area contributed by atoms with Gasteiger partial charge in [0.05, 0.1) is 14.2 Å². The summed E-state index contributed by atoms with van der Waals surface area (Å²) in [5, 5.41) is 3.72. The third-order valence-electron chi connectivity index (χ3n) is 4.55. The molecule has 3 heteroatoms. The molecule has 1 aromatic rings. The summed E-state index contributed by atoms with van der Waals surface area (Å²) in [6.45, 7) is 3.42. The van der Waals surface area contributed by atoms with Crippen molar-refractivity contribution in [1.82, 2.24) is 5.32 Å². The fraction of sp³-hybridized carbons (Fsp3) is 0.667. The Morgan fingerprint density at radius 1 is 1.05 bits per heavy atom. The highest BCUT2D eigenvalue weighted by Crippen LogP contribution is 2.27. The lowest BCUT2D eigenvalue weighted by atomic mass is 10.0. The molecule has 1 N–H and O–H groups in total. The van der Waals surface area contributed by atoms with Crippen LogP contribution >= 0.6 is 0 Å². The molecular weight excluding hydrogens is 262 g/mol. The molecule has 1 aliphatic carbocycles. The Balaban J connectivity index is 1.80. The number of ether oxygens (including phenoxy) is 2. The van der Waals surface area contributed by atoms with E-state index in [-0.39, 0.29) is 0 Å². The van der Waals surface area contributed by atoms with Crippen LogP contribution in [0.4, 0.5) is 0 Å². The topological polar surface area (TPSA) is 30.5 Å². The van der Waals surface area contributed by atoms with Gasteiger partial charge in [0.2, 0.25) is 0 Å². The molecule has 3 nitrogen and oxygen atoms in total. The fourth-order valence-corrected chi connectivity index (χ4v) is 3.15. The van der Waals surface area contributed by atoms with E-state index in [0.717, 1.165) is 30.4 Å². The number of nitrogens with one attached hydrogen (secondary N) is 1. The van der Waals surface area contributed by atoms with Crippen LogP contribution in [0.1, 0.15) is 44.6 Å². The maximum Gasteiger partial charge on any atom is 0.160 e. The van der Waals surface area contributed by atoms with Crippen LogP contribution in [0.15, 0.2) is 18.2 Å². The zero-order chi connectivity index (χ0) is 15.1. The molecule has 2 unspecified atom stereocenters. The number of hydrogen-bond acceptors (Lipinski definition) is 3. The quantitative estimate of drug-likeness (QED) is 0.809. The van der Waals surface area contributed by atoms with Crippen LogP contribution in [0.2, 0.25) is 0 Å². The second kappa shape index (κ2) is 8.28. The summed E-state index contributed by atoms with van der Waals surface area (Å²) in [5.74, 6) is 2.52. The van der Waals surface area contributed by atoms with Crippen molar-refractivity contribution in [1.29, 1.82) is 0 Å². The van der Waals surface area contributed by atoms with Gasteiger partial charge in [-0.3, -0.25) is 0 Å². The third-order valence-corrected chi connectivity index (χ3v) is 4.55. The van der Waals surface area contributed by atoms with E-state index >= 15 is 0 Å². The van der Waals surface area contributed by atoms with Crippen LogP contribution in [0.25, 0.3) is 0 Å². The van der Waals surface area contributed by atoms with Crippen molar-refractivity contribution in [3.8, 4) is 11.5 Å². The predicted molar refractivity (Wildman–Crippen MR) is 87.3 cm³/mol. The first-order valence-electron chi connectivity index (χ1n) is 8.17. The van der Waals surface area contributed by atoms with Gasteiger partial charge in [-0.15, -0.1) is 0 Å². The lowest BCUT2D eigenvalue weighted by molar-refractivity contribution is 0.354. The van der Waals surface area contributed by atoms with Gasteiger partial charge in [0, 0.05) is 6.04 Å². The number of methoxy groups -OCH3 is 2. The molecule has 0 heterocycles. The molecule has 0 aromatic heterocycles. The van der Waals surface area contributed by atoms with E-state index in [1.54, 1.807) is 14.2 Å². The van der Waals surface area contributed by atoms with Gasteiger partial charge in [-0.1, -0.05) is 25.8 Å². The summed E-state index contributed by atoms with van der Waals surface area (Å²) in [7, 11) is 3.36. The fourth-order valence-electron chi connectivity index (χ4n) is 3.15. The van der Waals surface area contributed by atoms with Gasteiger partial charge in [-0.25, -0.2) is 0 Å². The highest BCUT2D eigenvalue weighted by molar-refractivity contribution is 5.42. The molecule has 118 valence electrons. The summed E-state index contributed by atoms with van der Waals surface area (Å²) in [6, 6.07) is 6.89. The molecule has 0 radical (unpaired) electrons. The Hall–Kier alpha value is -1.22. The molecular formula is C18H29NO2. The van der Waals surface area contributed by atoms with Gasteiger partial charge >= 0.3 is 0 Å². The first kappa shape index (κ1) is 16.2. The van der Waals surface area contributed by atoms with E-state index in [1.807, 2.05) is 6.07 Å². The summed E-state index contributed by atoms with van der Waals surface area (Å²) in [6.07, 6.45) is 7.83. The largest absolute Gasteiger partial charge is 0.493 e. The minimum atomic E-state index is 0.704. The van der Waals surface area contributed by atoms with Gasteiger partial charge in [0.15, 0.2) is 11.5 Å². The van der Waals surface area contributed by atoms with Gasteiger partial charge < -0.3 is 14.8 Å². The molecule has 1 aliphatic rings. The Bertz CT molecular complexity index is 433. The second-order valence-electron chi connectivity index (χ2n) is 6.20. The monoisotopic (exact) mass is 291 g/mol. The molecule has 2 rings (SSSR count). The van der Waals surface area contributed by atoms with Crippen LogP contribution in [0.5, 0.6) is 11.5 Å². The zero-order valence-corrected chi connectivity index (χ0v) is 13.7. The molecule has 21 heavy (non-hydrogen) atoms. The van der Waals surface area contributed by atoms with Crippen molar-refractivity contribution >= 4 is 0 Å². The SMILES string of the molecule is COc1ccc(CCNC2CCCC(C)CC2)cc1OC. The van der Waals surface area contributed by atoms with Crippen molar-refractivity contribution < 1.29 is 9.47 Å². The van der Waals surface area contributed by atoms with E-state index in [2.05, 4.69) is 24.4 Å². The van der Waals surface area contributed by atoms with Crippen LogP contribution < -0.4 is 14.8 Å². The molecule has 0 aliphatic heterocycles. The van der Waals surface area contributed by atoms with Crippen molar-refractivity contribution in [2.45, 2.75) is 51.5 Å². The number of benzene rings is 1.